The first-order valence-corrected chi connectivity index (χ1v) is 10.1. The summed E-state index contributed by atoms with van der Waals surface area (Å²) in [7, 11) is 0. The number of benzene rings is 1. The molecular weight excluding hydrogens is 372 g/mol. The van der Waals surface area contributed by atoms with E-state index in [1.165, 1.54) is 5.56 Å². The number of rotatable bonds is 8. The van der Waals surface area contributed by atoms with Gasteiger partial charge in [0.1, 0.15) is 0 Å². The van der Waals surface area contributed by atoms with Gasteiger partial charge in [-0.2, -0.15) is 0 Å². The second kappa shape index (κ2) is 8.89. The number of hydrogen-bond donors (Lipinski definition) is 2. The number of aromatic amines is 1. The molecule has 6 heteroatoms. The Morgan fingerprint density at radius 1 is 1.36 bits per heavy atom. The molecule has 2 heterocycles. The van der Waals surface area contributed by atoms with Crippen LogP contribution in [-0.4, -0.2) is 29.5 Å². The van der Waals surface area contributed by atoms with Crippen LogP contribution in [0.2, 0.25) is 0 Å². The summed E-state index contributed by atoms with van der Waals surface area (Å²) in [5.41, 5.74) is 4.36. The number of aryl methyl sites for hydroxylation is 2. The highest BCUT2D eigenvalue weighted by molar-refractivity contribution is 7.13. The van der Waals surface area contributed by atoms with Crippen molar-refractivity contribution in [2.24, 2.45) is 0 Å². The minimum absolute atomic E-state index is 0.207. The maximum atomic E-state index is 12.3. The number of nitrogens with one attached hydrogen (secondary N) is 2. The first-order valence-electron chi connectivity index (χ1n) is 9.22. The molecule has 1 amide bonds. The number of carbonyl (C=O) groups excluding carboxylic acids is 2. The van der Waals surface area contributed by atoms with E-state index >= 15 is 0 Å². The molecule has 0 aliphatic carbocycles. The second-order valence-electron chi connectivity index (χ2n) is 6.67. The Bertz CT molecular complexity index is 989. The molecule has 0 aliphatic heterocycles. The zero-order valence-corrected chi connectivity index (χ0v) is 16.9. The zero-order valence-electron chi connectivity index (χ0n) is 16.1. The summed E-state index contributed by atoms with van der Waals surface area (Å²) in [4.78, 5) is 28.8. The molecule has 0 aliphatic rings. The quantitative estimate of drug-likeness (QED) is 0.439. The molecule has 3 aromatic rings. The first-order chi connectivity index (χ1) is 13.5. The van der Waals surface area contributed by atoms with Crippen molar-refractivity contribution in [3.8, 4) is 10.6 Å². The lowest BCUT2D eigenvalue weighted by molar-refractivity contribution is -0.154. The molecule has 0 bridgehead atoms. The van der Waals surface area contributed by atoms with Crippen LogP contribution in [-0.2, 0) is 20.7 Å². The van der Waals surface area contributed by atoms with E-state index < -0.39 is 6.10 Å². The van der Waals surface area contributed by atoms with Crippen molar-refractivity contribution < 1.29 is 14.3 Å². The molecule has 2 N–H and O–H groups in total. The van der Waals surface area contributed by atoms with Crippen molar-refractivity contribution >= 4 is 34.1 Å². The third-order valence-corrected chi connectivity index (χ3v) is 5.39. The summed E-state index contributed by atoms with van der Waals surface area (Å²) in [5, 5.41) is 5.78. The third kappa shape index (κ3) is 4.51. The van der Waals surface area contributed by atoms with Crippen LogP contribution in [0.25, 0.3) is 21.5 Å². The van der Waals surface area contributed by atoms with Gasteiger partial charge in [-0.1, -0.05) is 23.8 Å². The van der Waals surface area contributed by atoms with E-state index in [1.807, 2.05) is 11.4 Å². The summed E-state index contributed by atoms with van der Waals surface area (Å²) in [5.74, 6) is -0.712. The summed E-state index contributed by atoms with van der Waals surface area (Å²) < 4.78 is 5.28. The number of H-pyrrole nitrogens is 1. The minimum Gasteiger partial charge on any atom is -0.453 e. The van der Waals surface area contributed by atoms with Gasteiger partial charge < -0.3 is 15.0 Å². The van der Waals surface area contributed by atoms with Crippen molar-refractivity contribution in [1.29, 1.82) is 0 Å². The van der Waals surface area contributed by atoms with Crippen molar-refractivity contribution in [3.05, 3.63) is 59.5 Å². The van der Waals surface area contributed by atoms with Gasteiger partial charge in [0.2, 0.25) is 0 Å². The van der Waals surface area contributed by atoms with Gasteiger partial charge >= 0.3 is 5.97 Å². The number of thiophene rings is 1. The number of esters is 1. The Hall–Kier alpha value is -2.86. The van der Waals surface area contributed by atoms with Gasteiger partial charge in [0, 0.05) is 23.9 Å². The van der Waals surface area contributed by atoms with E-state index in [0.717, 1.165) is 27.0 Å². The fourth-order valence-electron chi connectivity index (χ4n) is 3.11. The molecule has 5 nitrogen and oxygen atoms in total. The lowest BCUT2D eigenvalue weighted by Crippen LogP contribution is -2.35. The van der Waals surface area contributed by atoms with Crippen molar-refractivity contribution in [2.75, 3.05) is 6.54 Å². The smallest absolute Gasteiger partial charge is 0.306 e. The average Bonchev–Trinajstić information content (AvgIpc) is 3.31. The molecule has 0 spiro atoms. The van der Waals surface area contributed by atoms with Gasteiger partial charge in [-0.25, -0.2) is 0 Å². The van der Waals surface area contributed by atoms with E-state index in [0.29, 0.717) is 13.0 Å². The number of carbonyl (C=O) groups is 2. The third-order valence-electron chi connectivity index (χ3n) is 4.51. The Morgan fingerprint density at radius 3 is 2.89 bits per heavy atom. The van der Waals surface area contributed by atoms with Gasteiger partial charge in [-0.15, -0.1) is 17.9 Å². The van der Waals surface area contributed by atoms with Crippen LogP contribution in [0.15, 0.2) is 48.4 Å². The van der Waals surface area contributed by atoms with Crippen molar-refractivity contribution in [3.63, 3.8) is 0 Å². The van der Waals surface area contributed by atoms with Crippen LogP contribution in [0.4, 0.5) is 0 Å². The average molecular weight is 397 g/mol. The van der Waals surface area contributed by atoms with E-state index in [4.69, 9.17) is 4.74 Å². The molecule has 1 aromatic carbocycles. The highest BCUT2D eigenvalue weighted by Gasteiger charge is 2.19. The fraction of sp³-hybridized carbons (Fsp3) is 0.273. The SMILES string of the molecule is C=CCNC(=O)[C@H](C)OC(=O)CCc1c(-c2cccs2)[nH]c2ccc(C)cc12. The highest BCUT2D eigenvalue weighted by atomic mass is 32.1. The summed E-state index contributed by atoms with van der Waals surface area (Å²) in [6, 6.07) is 10.3. The van der Waals surface area contributed by atoms with Gasteiger partial charge in [-0.05, 0) is 49.4 Å². The van der Waals surface area contributed by atoms with E-state index in [-0.39, 0.29) is 18.3 Å². The Morgan fingerprint density at radius 2 is 2.18 bits per heavy atom. The molecular formula is C22H24N2O3S. The van der Waals surface area contributed by atoms with Gasteiger partial charge in [0.05, 0.1) is 10.6 Å². The van der Waals surface area contributed by atoms with Gasteiger partial charge in [0.15, 0.2) is 6.10 Å². The van der Waals surface area contributed by atoms with Crippen LogP contribution < -0.4 is 5.32 Å². The van der Waals surface area contributed by atoms with Crippen LogP contribution in [0, 0.1) is 6.92 Å². The fourth-order valence-corrected chi connectivity index (χ4v) is 3.86. The maximum absolute atomic E-state index is 12.3. The van der Waals surface area contributed by atoms with E-state index in [9.17, 15) is 9.59 Å². The largest absolute Gasteiger partial charge is 0.453 e. The predicted octanol–water partition coefficient (Wildman–Crippen LogP) is 4.37. The molecule has 0 fully saturated rings. The minimum atomic E-state index is -0.825. The molecule has 146 valence electrons. The highest BCUT2D eigenvalue weighted by Crippen LogP contribution is 2.34. The van der Waals surface area contributed by atoms with Gasteiger partial charge in [0.25, 0.3) is 5.91 Å². The van der Waals surface area contributed by atoms with Crippen LogP contribution >= 0.6 is 11.3 Å². The van der Waals surface area contributed by atoms with E-state index in [1.54, 1.807) is 24.3 Å². The monoisotopic (exact) mass is 396 g/mol. The molecule has 0 unspecified atom stereocenters. The topological polar surface area (TPSA) is 71.2 Å². The molecule has 28 heavy (non-hydrogen) atoms. The first kappa shape index (κ1) is 19.9. The second-order valence-corrected chi connectivity index (χ2v) is 7.62. The molecule has 3 rings (SSSR count). The standard InChI is InChI=1S/C22H24N2O3S/c1-4-11-23-22(26)15(3)27-20(25)10-8-16-17-13-14(2)7-9-18(17)24-21(16)19-6-5-12-28-19/h4-7,9,12-13,15,24H,1,8,10-11H2,2-3H3,(H,23,26)/t15-/m0/s1. The van der Waals surface area contributed by atoms with Crippen molar-refractivity contribution in [1.82, 2.24) is 10.3 Å². The Labute approximate surface area is 168 Å². The Kier molecular flexibility index (Phi) is 6.31. The summed E-state index contributed by atoms with van der Waals surface area (Å²) in [6.45, 7) is 7.52. The lowest BCUT2D eigenvalue weighted by Gasteiger charge is -2.13. The summed E-state index contributed by atoms with van der Waals surface area (Å²) >= 11 is 1.66. The van der Waals surface area contributed by atoms with Gasteiger partial charge in [-0.3, -0.25) is 9.59 Å². The predicted molar refractivity (Wildman–Crippen MR) is 113 cm³/mol. The molecule has 1 atom stereocenters. The van der Waals surface area contributed by atoms with Crippen LogP contribution in [0.1, 0.15) is 24.5 Å². The maximum Gasteiger partial charge on any atom is 0.306 e. The number of amides is 1. The lowest BCUT2D eigenvalue weighted by atomic mass is 10.0. The number of fused-ring (bicyclic) bond motifs is 1. The summed E-state index contributed by atoms with van der Waals surface area (Å²) in [6.07, 6.45) is 1.50. The number of ether oxygens (including phenoxy) is 1. The zero-order chi connectivity index (χ0) is 20.1. The van der Waals surface area contributed by atoms with Crippen molar-refractivity contribution in [2.45, 2.75) is 32.8 Å². The van der Waals surface area contributed by atoms with Crippen LogP contribution in [0.5, 0.6) is 0 Å². The Balaban J connectivity index is 1.75. The normalized spacial score (nSPS) is 11.9. The van der Waals surface area contributed by atoms with Crippen LogP contribution in [0.3, 0.4) is 0 Å². The number of hydrogen-bond acceptors (Lipinski definition) is 4. The molecule has 0 saturated heterocycles. The van der Waals surface area contributed by atoms with E-state index in [2.05, 4.69) is 48.1 Å². The molecule has 2 aromatic heterocycles. The molecule has 0 radical (unpaired) electrons. The number of aromatic nitrogens is 1. The molecule has 0 saturated carbocycles.